The lowest BCUT2D eigenvalue weighted by Gasteiger charge is -2.27. The maximum absolute atomic E-state index is 6.22. The molecule has 0 atom stereocenters. The lowest BCUT2D eigenvalue weighted by Crippen LogP contribution is -2.45. The third-order valence-electron chi connectivity index (χ3n) is 2.99. The van der Waals surface area contributed by atoms with Crippen molar-refractivity contribution < 1.29 is 0 Å². The van der Waals surface area contributed by atoms with Gasteiger partial charge in [0.05, 0.1) is 4.47 Å². The summed E-state index contributed by atoms with van der Waals surface area (Å²) in [4.78, 5) is 4.34. The predicted octanol–water partition coefficient (Wildman–Crippen LogP) is 3.08. The largest absolute Gasteiger partial charge is 0.367 e. The maximum Gasteiger partial charge on any atom is 0.140 e. The van der Waals surface area contributed by atoms with Crippen LogP contribution < -0.4 is 11.1 Å². The third-order valence-corrected chi connectivity index (χ3v) is 3.60. The number of hydrogen-bond donors (Lipinski definition) is 2. The van der Waals surface area contributed by atoms with Crippen molar-refractivity contribution in [3.63, 3.8) is 0 Å². The Balaban J connectivity index is 2.67. The van der Waals surface area contributed by atoms with Gasteiger partial charge in [0.15, 0.2) is 0 Å². The van der Waals surface area contributed by atoms with E-state index in [1.165, 1.54) is 0 Å². The van der Waals surface area contributed by atoms with Crippen LogP contribution in [0.4, 0.5) is 5.82 Å². The molecule has 0 saturated heterocycles. The van der Waals surface area contributed by atoms with Gasteiger partial charge in [-0.2, -0.15) is 0 Å². The van der Waals surface area contributed by atoms with Crippen LogP contribution in [0, 0.1) is 6.92 Å². The average Bonchev–Trinajstić information content (AvgIpc) is 2.27. The number of nitrogens with one attached hydrogen (secondary N) is 1. The molecule has 4 heteroatoms. The smallest absolute Gasteiger partial charge is 0.140 e. The normalized spacial score (nSPS) is 11.6. The summed E-state index contributed by atoms with van der Waals surface area (Å²) in [6, 6.07) is 2.05. The number of anilines is 1. The summed E-state index contributed by atoms with van der Waals surface area (Å²) >= 11 is 3.49. The van der Waals surface area contributed by atoms with E-state index >= 15 is 0 Å². The standard InChI is InChI=1S/C12H20BrN3/c1-4-12(14,5-2)8-16-11-10(13)6-9(3)7-15-11/h6-7H,4-5,8,14H2,1-3H3,(H,15,16). The molecule has 0 spiro atoms. The molecule has 0 radical (unpaired) electrons. The van der Waals surface area contributed by atoms with E-state index in [2.05, 4.69) is 40.1 Å². The molecule has 16 heavy (non-hydrogen) atoms. The molecule has 1 aromatic rings. The van der Waals surface area contributed by atoms with Crippen molar-refractivity contribution in [1.29, 1.82) is 0 Å². The number of pyridine rings is 1. The summed E-state index contributed by atoms with van der Waals surface area (Å²) in [5.41, 5.74) is 7.21. The summed E-state index contributed by atoms with van der Waals surface area (Å²) < 4.78 is 0.988. The van der Waals surface area contributed by atoms with Crippen LogP contribution in [-0.4, -0.2) is 17.1 Å². The first-order valence-electron chi connectivity index (χ1n) is 5.65. The highest BCUT2D eigenvalue weighted by molar-refractivity contribution is 9.10. The zero-order chi connectivity index (χ0) is 12.2. The molecule has 0 aliphatic rings. The maximum atomic E-state index is 6.22. The topological polar surface area (TPSA) is 50.9 Å². The molecule has 0 unspecified atom stereocenters. The van der Waals surface area contributed by atoms with Crippen LogP contribution in [0.3, 0.4) is 0 Å². The number of aromatic nitrogens is 1. The first kappa shape index (κ1) is 13.5. The van der Waals surface area contributed by atoms with Gasteiger partial charge >= 0.3 is 0 Å². The van der Waals surface area contributed by atoms with Crippen LogP contribution >= 0.6 is 15.9 Å². The number of hydrogen-bond acceptors (Lipinski definition) is 3. The molecule has 1 aromatic heterocycles. The van der Waals surface area contributed by atoms with Crippen molar-refractivity contribution in [2.75, 3.05) is 11.9 Å². The molecule has 3 N–H and O–H groups in total. The number of rotatable bonds is 5. The van der Waals surface area contributed by atoms with E-state index in [0.717, 1.165) is 35.2 Å². The molecule has 0 aromatic carbocycles. The molecule has 0 aliphatic carbocycles. The minimum absolute atomic E-state index is 0.147. The Hall–Kier alpha value is -0.610. The molecule has 0 bridgehead atoms. The van der Waals surface area contributed by atoms with E-state index in [4.69, 9.17) is 5.73 Å². The summed E-state index contributed by atoms with van der Waals surface area (Å²) in [5.74, 6) is 0.863. The second-order valence-electron chi connectivity index (χ2n) is 4.27. The minimum Gasteiger partial charge on any atom is -0.367 e. The summed E-state index contributed by atoms with van der Waals surface area (Å²) in [6.07, 6.45) is 3.77. The number of halogens is 1. The predicted molar refractivity (Wildman–Crippen MR) is 72.7 cm³/mol. The highest BCUT2D eigenvalue weighted by atomic mass is 79.9. The van der Waals surface area contributed by atoms with Gasteiger partial charge < -0.3 is 11.1 Å². The van der Waals surface area contributed by atoms with Crippen molar-refractivity contribution in [1.82, 2.24) is 4.98 Å². The van der Waals surface area contributed by atoms with Crippen molar-refractivity contribution >= 4 is 21.7 Å². The second kappa shape index (κ2) is 5.64. The van der Waals surface area contributed by atoms with Gasteiger partial charge in [0, 0.05) is 18.3 Å². The van der Waals surface area contributed by atoms with Crippen LogP contribution in [0.25, 0.3) is 0 Å². The first-order chi connectivity index (χ1) is 7.50. The fourth-order valence-electron chi connectivity index (χ4n) is 1.42. The van der Waals surface area contributed by atoms with Gasteiger partial charge in [-0.3, -0.25) is 0 Å². The molecular formula is C12H20BrN3. The molecule has 0 aliphatic heterocycles. The monoisotopic (exact) mass is 285 g/mol. The summed E-state index contributed by atoms with van der Waals surface area (Å²) in [7, 11) is 0. The third kappa shape index (κ3) is 3.46. The van der Waals surface area contributed by atoms with Crippen molar-refractivity contribution in [2.45, 2.75) is 39.2 Å². The lowest BCUT2D eigenvalue weighted by molar-refractivity contribution is 0.418. The Labute approximate surface area is 106 Å². The highest BCUT2D eigenvalue weighted by Gasteiger charge is 2.20. The molecule has 0 amide bonds. The van der Waals surface area contributed by atoms with E-state index in [-0.39, 0.29) is 5.54 Å². The van der Waals surface area contributed by atoms with Gasteiger partial charge in [0.2, 0.25) is 0 Å². The summed E-state index contributed by atoms with van der Waals surface area (Å²) in [5, 5.41) is 3.30. The SMILES string of the molecule is CCC(N)(CC)CNc1ncc(C)cc1Br. The zero-order valence-electron chi connectivity index (χ0n) is 10.2. The van der Waals surface area contributed by atoms with Gasteiger partial charge in [-0.25, -0.2) is 4.98 Å². The van der Waals surface area contributed by atoms with E-state index in [1.807, 2.05) is 19.2 Å². The van der Waals surface area contributed by atoms with Crippen molar-refractivity contribution in [3.05, 3.63) is 22.3 Å². The van der Waals surface area contributed by atoms with Gasteiger partial charge in [0.1, 0.15) is 5.82 Å². The van der Waals surface area contributed by atoms with Gasteiger partial charge in [-0.05, 0) is 47.3 Å². The Morgan fingerprint density at radius 2 is 2.06 bits per heavy atom. The Bertz CT molecular complexity index is 348. The second-order valence-corrected chi connectivity index (χ2v) is 5.12. The fourth-order valence-corrected chi connectivity index (χ4v) is 2.03. The van der Waals surface area contributed by atoms with Gasteiger partial charge in [-0.1, -0.05) is 13.8 Å². The van der Waals surface area contributed by atoms with E-state index in [1.54, 1.807) is 0 Å². The average molecular weight is 286 g/mol. The Morgan fingerprint density at radius 3 is 2.56 bits per heavy atom. The minimum atomic E-state index is -0.147. The van der Waals surface area contributed by atoms with Gasteiger partial charge in [0.25, 0.3) is 0 Å². The molecule has 90 valence electrons. The highest BCUT2D eigenvalue weighted by Crippen LogP contribution is 2.21. The molecule has 3 nitrogen and oxygen atoms in total. The van der Waals surface area contributed by atoms with Crippen LogP contribution in [0.5, 0.6) is 0 Å². The zero-order valence-corrected chi connectivity index (χ0v) is 11.8. The molecule has 0 fully saturated rings. The van der Waals surface area contributed by atoms with E-state index < -0.39 is 0 Å². The molecule has 1 rings (SSSR count). The van der Waals surface area contributed by atoms with Crippen molar-refractivity contribution in [2.24, 2.45) is 5.73 Å². The number of nitrogens with two attached hydrogens (primary N) is 1. The van der Waals surface area contributed by atoms with Crippen molar-refractivity contribution in [3.8, 4) is 0 Å². The van der Waals surface area contributed by atoms with Crippen LogP contribution in [0.1, 0.15) is 32.3 Å². The molecular weight excluding hydrogens is 266 g/mol. The molecule has 0 saturated carbocycles. The fraction of sp³-hybridized carbons (Fsp3) is 0.583. The van der Waals surface area contributed by atoms with Crippen LogP contribution in [-0.2, 0) is 0 Å². The van der Waals surface area contributed by atoms with Crippen LogP contribution in [0.15, 0.2) is 16.7 Å². The Kier molecular flexibility index (Phi) is 4.74. The summed E-state index contributed by atoms with van der Waals surface area (Å²) in [6.45, 7) is 6.99. The number of nitrogens with zero attached hydrogens (tertiary/aromatic N) is 1. The molecule has 1 heterocycles. The lowest BCUT2D eigenvalue weighted by atomic mass is 9.94. The van der Waals surface area contributed by atoms with E-state index in [9.17, 15) is 0 Å². The quantitative estimate of drug-likeness (QED) is 0.874. The first-order valence-corrected chi connectivity index (χ1v) is 6.45. The van der Waals surface area contributed by atoms with Gasteiger partial charge in [-0.15, -0.1) is 0 Å². The Morgan fingerprint density at radius 1 is 1.44 bits per heavy atom. The van der Waals surface area contributed by atoms with Crippen LogP contribution in [0.2, 0.25) is 0 Å². The van der Waals surface area contributed by atoms with E-state index in [0.29, 0.717) is 0 Å². The number of aryl methyl sites for hydroxylation is 1.